The van der Waals surface area contributed by atoms with Gasteiger partial charge in [0.05, 0.1) is 12.7 Å². The van der Waals surface area contributed by atoms with Gasteiger partial charge in [-0.2, -0.15) is 0 Å². The smallest absolute Gasteiger partial charge is 0.287 e. The third-order valence-electron chi connectivity index (χ3n) is 3.93. The van der Waals surface area contributed by atoms with Crippen molar-refractivity contribution in [1.29, 1.82) is 0 Å². The van der Waals surface area contributed by atoms with E-state index in [0.717, 1.165) is 5.56 Å². The molecule has 0 saturated heterocycles. The zero-order valence-corrected chi connectivity index (χ0v) is 15.5. The van der Waals surface area contributed by atoms with E-state index < -0.39 is 6.04 Å². The van der Waals surface area contributed by atoms with Crippen LogP contribution in [0.2, 0.25) is 0 Å². The maximum absolute atomic E-state index is 12.4. The van der Waals surface area contributed by atoms with Crippen molar-refractivity contribution in [2.24, 2.45) is 5.92 Å². The highest BCUT2D eigenvalue weighted by molar-refractivity contribution is 5.91. The molecule has 2 aromatic rings. The number of carbonyl (C=O) groups is 3. The first-order chi connectivity index (χ1) is 13.0. The van der Waals surface area contributed by atoms with Gasteiger partial charge < -0.3 is 20.4 Å². The van der Waals surface area contributed by atoms with E-state index in [1.165, 1.54) is 6.26 Å². The standard InChI is InChI=1S/C20H25N3O4/c1-14(2)18(23-17(24)13-15-7-4-3-5-8-15)20(26)22-11-10-21-19(25)16-9-6-12-27-16/h3-9,12,14,18H,10-11,13H2,1-2H3,(H,21,25)(H,22,26)(H,23,24). The quantitative estimate of drug-likeness (QED) is 0.582. The largest absolute Gasteiger partial charge is 0.459 e. The molecule has 3 N–H and O–H groups in total. The van der Waals surface area contributed by atoms with Gasteiger partial charge in [0.15, 0.2) is 5.76 Å². The van der Waals surface area contributed by atoms with Crippen molar-refractivity contribution in [2.45, 2.75) is 26.3 Å². The minimum Gasteiger partial charge on any atom is -0.459 e. The Morgan fingerprint density at radius 2 is 1.67 bits per heavy atom. The van der Waals surface area contributed by atoms with Crippen LogP contribution in [-0.4, -0.2) is 36.9 Å². The van der Waals surface area contributed by atoms with E-state index in [1.807, 2.05) is 44.2 Å². The molecule has 1 aromatic carbocycles. The lowest BCUT2D eigenvalue weighted by atomic mass is 10.0. The van der Waals surface area contributed by atoms with Crippen LogP contribution in [0.5, 0.6) is 0 Å². The molecule has 144 valence electrons. The number of hydrogen-bond donors (Lipinski definition) is 3. The van der Waals surface area contributed by atoms with Gasteiger partial charge in [-0.3, -0.25) is 14.4 Å². The fraction of sp³-hybridized carbons (Fsp3) is 0.350. The summed E-state index contributed by atoms with van der Waals surface area (Å²) >= 11 is 0. The minimum absolute atomic E-state index is 0.0672. The van der Waals surface area contributed by atoms with E-state index in [4.69, 9.17) is 4.42 Å². The summed E-state index contributed by atoms with van der Waals surface area (Å²) in [6, 6.07) is 11.9. The molecule has 0 radical (unpaired) electrons. The van der Waals surface area contributed by atoms with Crippen LogP contribution in [0.25, 0.3) is 0 Å². The van der Waals surface area contributed by atoms with Gasteiger partial charge in [0, 0.05) is 13.1 Å². The first-order valence-corrected chi connectivity index (χ1v) is 8.90. The summed E-state index contributed by atoms with van der Waals surface area (Å²) in [5.74, 6) is -0.678. The molecule has 0 saturated carbocycles. The van der Waals surface area contributed by atoms with Crippen molar-refractivity contribution < 1.29 is 18.8 Å². The highest BCUT2D eigenvalue weighted by atomic mass is 16.3. The predicted molar refractivity (Wildman–Crippen MR) is 101 cm³/mol. The summed E-state index contributed by atoms with van der Waals surface area (Å²) in [4.78, 5) is 36.3. The second-order valence-electron chi connectivity index (χ2n) is 6.48. The summed E-state index contributed by atoms with van der Waals surface area (Å²) in [5, 5.41) is 8.17. The molecular weight excluding hydrogens is 346 g/mol. The fourth-order valence-corrected chi connectivity index (χ4v) is 2.51. The van der Waals surface area contributed by atoms with Gasteiger partial charge in [0.25, 0.3) is 5.91 Å². The Morgan fingerprint density at radius 1 is 0.963 bits per heavy atom. The lowest BCUT2D eigenvalue weighted by Crippen LogP contribution is -2.51. The van der Waals surface area contributed by atoms with Gasteiger partial charge in [-0.15, -0.1) is 0 Å². The zero-order chi connectivity index (χ0) is 19.6. The summed E-state index contributed by atoms with van der Waals surface area (Å²) in [6.07, 6.45) is 1.64. The molecule has 7 nitrogen and oxygen atoms in total. The Morgan fingerprint density at radius 3 is 2.30 bits per heavy atom. The average Bonchev–Trinajstić information content (AvgIpc) is 3.18. The zero-order valence-electron chi connectivity index (χ0n) is 15.5. The van der Waals surface area contributed by atoms with Gasteiger partial charge in [-0.1, -0.05) is 44.2 Å². The molecule has 0 aliphatic heterocycles. The van der Waals surface area contributed by atoms with Gasteiger partial charge >= 0.3 is 0 Å². The summed E-state index contributed by atoms with van der Waals surface area (Å²) in [6.45, 7) is 4.24. The summed E-state index contributed by atoms with van der Waals surface area (Å²) in [7, 11) is 0. The van der Waals surface area contributed by atoms with Crippen molar-refractivity contribution >= 4 is 17.7 Å². The van der Waals surface area contributed by atoms with Gasteiger partial charge in [0.2, 0.25) is 11.8 Å². The summed E-state index contributed by atoms with van der Waals surface area (Å²) in [5.41, 5.74) is 0.888. The molecule has 0 aliphatic rings. The Hall–Kier alpha value is -3.09. The van der Waals surface area contributed by atoms with E-state index >= 15 is 0 Å². The van der Waals surface area contributed by atoms with Crippen molar-refractivity contribution in [3.05, 3.63) is 60.1 Å². The first-order valence-electron chi connectivity index (χ1n) is 8.90. The molecule has 3 amide bonds. The van der Waals surface area contributed by atoms with E-state index in [2.05, 4.69) is 16.0 Å². The molecular formula is C20H25N3O4. The number of amides is 3. The molecule has 2 rings (SSSR count). The molecule has 1 aromatic heterocycles. The van der Waals surface area contributed by atoms with E-state index in [-0.39, 0.29) is 48.9 Å². The van der Waals surface area contributed by atoms with E-state index in [0.29, 0.717) is 0 Å². The minimum atomic E-state index is -0.637. The number of carbonyl (C=O) groups excluding carboxylic acids is 3. The number of benzene rings is 1. The van der Waals surface area contributed by atoms with Crippen LogP contribution in [-0.2, 0) is 16.0 Å². The first kappa shape index (κ1) is 20.2. The third kappa shape index (κ3) is 6.62. The van der Waals surface area contributed by atoms with Crippen molar-refractivity contribution in [3.63, 3.8) is 0 Å². The van der Waals surface area contributed by atoms with Crippen LogP contribution in [0.4, 0.5) is 0 Å². The molecule has 1 atom stereocenters. The molecule has 0 fully saturated rings. The lowest BCUT2D eigenvalue weighted by molar-refractivity contribution is -0.129. The average molecular weight is 371 g/mol. The molecule has 0 bridgehead atoms. The van der Waals surface area contributed by atoms with Crippen molar-refractivity contribution in [2.75, 3.05) is 13.1 Å². The third-order valence-corrected chi connectivity index (χ3v) is 3.93. The van der Waals surface area contributed by atoms with Crippen LogP contribution >= 0.6 is 0 Å². The Labute approximate surface area is 158 Å². The molecule has 27 heavy (non-hydrogen) atoms. The fourth-order valence-electron chi connectivity index (χ4n) is 2.51. The highest BCUT2D eigenvalue weighted by Crippen LogP contribution is 2.04. The molecule has 0 aliphatic carbocycles. The molecule has 1 unspecified atom stereocenters. The van der Waals surface area contributed by atoms with Crippen molar-refractivity contribution in [1.82, 2.24) is 16.0 Å². The van der Waals surface area contributed by atoms with Crippen LogP contribution in [0.15, 0.2) is 53.1 Å². The SMILES string of the molecule is CC(C)C(NC(=O)Cc1ccccc1)C(=O)NCCNC(=O)c1ccco1. The van der Waals surface area contributed by atoms with Crippen LogP contribution < -0.4 is 16.0 Å². The number of nitrogens with one attached hydrogen (secondary N) is 3. The molecule has 0 spiro atoms. The predicted octanol–water partition coefficient (Wildman–Crippen LogP) is 1.51. The van der Waals surface area contributed by atoms with E-state index in [1.54, 1.807) is 12.1 Å². The van der Waals surface area contributed by atoms with Gasteiger partial charge in [-0.05, 0) is 23.6 Å². The molecule has 1 heterocycles. The summed E-state index contributed by atoms with van der Waals surface area (Å²) < 4.78 is 4.99. The van der Waals surface area contributed by atoms with Gasteiger partial charge in [0.1, 0.15) is 6.04 Å². The Kier molecular flexibility index (Phi) is 7.61. The molecule has 7 heteroatoms. The number of rotatable bonds is 9. The number of hydrogen-bond acceptors (Lipinski definition) is 4. The van der Waals surface area contributed by atoms with Crippen LogP contribution in [0.3, 0.4) is 0 Å². The maximum atomic E-state index is 12.4. The maximum Gasteiger partial charge on any atom is 0.287 e. The Balaban J connectivity index is 1.76. The monoisotopic (exact) mass is 371 g/mol. The highest BCUT2D eigenvalue weighted by Gasteiger charge is 2.23. The van der Waals surface area contributed by atoms with Crippen molar-refractivity contribution in [3.8, 4) is 0 Å². The van der Waals surface area contributed by atoms with Gasteiger partial charge in [-0.25, -0.2) is 0 Å². The topological polar surface area (TPSA) is 100 Å². The second kappa shape index (κ2) is 10.2. The van der Waals surface area contributed by atoms with E-state index in [9.17, 15) is 14.4 Å². The Bertz CT molecular complexity index is 742. The normalized spacial score (nSPS) is 11.7. The second-order valence-corrected chi connectivity index (χ2v) is 6.48. The number of furan rings is 1. The van der Waals surface area contributed by atoms with Crippen LogP contribution in [0.1, 0.15) is 30.0 Å². The van der Waals surface area contributed by atoms with Crippen LogP contribution in [0, 0.1) is 5.92 Å². The lowest BCUT2D eigenvalue weighted by Gasteiger charge is -2.22.